The zero-order valence-electron chi connectivity index (χ0n) is 9.05. The van der Waals surface area contributed by atoms with E-state index in [1.54, 1.807) is 12.5 Å². The van der Waals surface area contributed by atoms with E-state index >= 15 is 0 Å². The summed E-state index contributed by atoms with van der Waals surface area (Å²) in [4.78, 5) is 0. The molecule has 0 aliphatic heterocycles. The first-order valence-electron chi connectivity index (χ1n) is 5.21. The number of furan rings is 1. The summed E-state index contributed by atoms with van der Waals surface area (Å²) in [6.45, 7) is 5.94. The molecule has 0 aromatic carbocycles. The molecule has 0 unspecified atom stereocenters. The molecule has 1 aromatic heterocycles. The molecule has 1 aromatic rings. The van der Waals surface area contributed by atoms with Gasteiger partial charge in [-0.25, -0.2) is 0 Å². The van der Waals surface area contributed by atoms with Crippen LogP contribution in [0.1, 0.15) is 32.3 Å². The molecule has 0 fully saturated rings. The highest BCUT2D eigenvalue weighted by Crippen LogP contribution is 2.09. The molecule has 1 rings (SSSR count). The second kappa shape index (κ2) is 5.17. The Kier molecular flexibility index (Phi) is 4.17. The second-order valence-electron chi connectivity index (χ2n) is 3.80. The average molecular weight is 196 g/mol. The van der Waals surface area contributed by atoms with Crippen molar-refractivity contribution in [1.82, 2.24) is 5.32 Å². The Hall–Kier alpha value is -0.800. The average Bonchev–Trinajstić information content (AvgIpc) is 2.70. The van der Waals surface area contributed by atoms with Crippen LogP contribution in [0.4, 0.5) is 0 Å². The largest absolute Gasteiger partial charge is 0.472 e. The van der Waals surface area contributed by atoms with Gasteiger partial charge < -0.3 is 15.5 Å². The maximum atomic E-state index is 6.15. The third kappa shape index (κ3) is 3.16. The van der Waals surface area contributed by atoms with Gasteiger partial charge in [-0.15, -0.1) is 0 Å². The van der Waals surface area contributed by atoms with E-state index in [1.807, 2.05) is 6.07 Å². The van der Waals surface area contributed by atoms with Gasteiger partial charge in [-0.3, -0.25) is 0 Å². The Bertz CT molecular complexity index is 240. The summed E-state index contributed by atoms with van der Waals surface area (Å²) in [6.07, 6.45) is 5.44. The van der Waals surface area contributed by atoms with Crippen molar-refractivity contribution >= 4 is 0 Å². The van der Waals surface area contributed by atoms with Crippen molar-refractivity contribution in [2.24, 2.45) is 5.73 Å². The maximum Gasteiger partial charge on any atom is 0.0947 e. The molecule has 0 bridgehead atoms. The standard InChI is InChI=1S/C11H20N2O/c1-3-11(12,4-2)9-13-7-10-5-6-14-8-10/h5-6,8,13H,3-4,7,9,12H2,1-2H3. The predicted octanol–water partition coefficient (Wildman–Crippen LogP) is 1.89. The van der Waals surface area contributed by atoms with Gasteiger partial charge in [0, 0.05) is 24.2 Å². The number of rotatable bonds is 6. The van der Waals surface area contributed by atoms with Gasteiger partial charge in [0.1, 0.15) is 0 Å². The molecule has 0 aliphatic rings. The van der Waals surface area contributed by atoms with Crippen LogP contribution in [-0.4, -0.2) is 12.1 Å². The fourth-order valence-electron chi connectivity index (χ4n) is 1.35. The highest BCUT2D eigenvalue weighted by atomic mass is 16.3. The Morgan fingerprint density at radius 1 is 1.43 bits per heavy atom. The van der Waals surface area contributed by atoms with Crippen LogP contribution >= 0.6 is 0 Å². The molecule has 0 spiro atoms. The van der Waals surface area contributed by atoms with Gasteiger partial charge in [0.25, 0.3) is 0 Å². The van der Waals surface area contributed by atoms with Crippen LogP contribution in [-0.2, 0) is 6.54 Å². The summed E-state index contributed by atoms with van der Waals surface area (Å²) in [5.41, 5.74) is 7.25. The summed E-state index contributed by atoms with van der Waals surface area (Å²) >= 11 is 0. The van der Waals surface area contributed by atoms with Gasteiger partial charge in [0.2, 0.25) is 0 Å². The van der Waals surface area contributed by atoms with Crippen molar-refractivity contribution in [2.45, 2.75) is 38.8 Å². The van der Waals surface area contributed by atoms with Gasteiger partial charge >= 0.3 is 0 Å². The summed E-state index contributed by atoms with van der Waals surface area (Å²) < 4.78 is 4.98. The van der Waals surface area contributed by atoms with Crippen molar-refractivity contribution in [3.8, 4) is 0 Å². The molecule has 0 amide bonds. The molecule has 14 heavy (non-hydrogen) atoms. The molecule has 1 heterocycles. The molecule has 3 nitrogen and oxygen atoms in total. The predicted molar refractivity (Wildman–Crippen MR) is 57.9 cm³/mol. The molecular weight excluding hydrogens is 176 g/mol. The minimum atomic E-state index is -0.0657. The Balaban J connectivity index is 2.27. The minimum Gasteiger partial charge on any atom is -0.472 e. The Labute approximate surface area is 85.7 Å². The van der Waals surface area contributed by atoms with Crippen LogP contribution in [0.25, 0.3) is 0 Å². The molecule has 0 radical (unpaired) electrons. The van der Waals surface area contributed by atoms with E-state index in [9.17, 15) is 0 Å². The highest BCUT2D eigenvalue weighted by molar-refractivity contribution is 5.04. The molecule has 80 valence electrons. The number of hydrogen-bond donors (Lipinski definition) is 2. The third-order valence-electron chi connectivity index (χ3n) is 2.79. The van der Waals surface area contributed by atoms with Crippen molar-refractivity contribution < 1.29 is 4.42 Å². The highest BCUT2D eigenvalue weighted by Gasteiger charge is 2.18. The topological polar surface area (TPSA) is 51.2 Å². The first-order valence-corrected chi connectivity index (χ1v) is 5.21. The summed E-state index contributed by atoms with van der Waals surface area (Å²) in [7, 11) is 0. The molecule has 0 saturated heterocycles. The van der Waals surface area contributed by atoms with E-state index < -0.39 is 0 Å². The van der Waals surface area contributed by atoms with Gasteiger partial charge in [0.15, 0.2) is 0 Å². The molecule has 3 heteroatoms. The Morgan fingerprint density at radius 2 is 2.14 bits per heavy atom. The van der Waals surface area contributed by atoms with Crippen LogP contribution in [0.2, 0.25) is 0 Å². The molecular formula is C11H20N2O. The normalized spacial score (nSPS) is 11.9. The lowest BCUT2D eigenvalue weighted by Crippen LogP contribution is -2.47. The fourth-order valence-corrected chi connectivity index (χ4v) is 1.35. The molecule has 3 N–H and O–H groups in total. The van der Waals surface area contributed by atoms with Gasteiger partial charge in [-0.1, -0.05) is 13.8 Å². The summed E-state index contributed by atoms with van der Waals surface area (Å²) in [5.74, 6) is 0. The van der Waals surface area contributed by atoms with Gasteiger partial charge in [-0.2, -0.15) is 0 Å². The second-order valence-corrected chi connectivity index (χ2v) is 3.80. The first kappa shape index (κ1) is 11.3. The quantitative estimate of drug-likeness (QED) is 0.730. The Morgan fingerprint density at radius 3 is 2.64 bits per heavy atom. The zero-order valence-corrected chi connectivity index (χ0v) is 9.05. The molecule has 0 saturated carbocycles. The smallest absolute Gasteiger partial charge is 0.0947 e. The summed E-state index contributed by atoms with van der Waals surface area (Å²) in [5, 5.41) is 3.35. The number of hydrogen-bond acceptors (Lipinski definition) is 3. The lowest BCUT2D eigenvalue weighted by atomic mass is 9.94. The van der Waals surface area contributed by atoms with Crippen LogP contribution in [0, 0.1) is 0 Å². The van der Waals surface area contributed by atoms with E-state index in [1.165, 1.54) is 5.56 Å². The fraction of sp³-hybridized carbons (Fsp3) is 0.636. The van der Waals surface area contributed by atoms with Crippen molar-refractivity contribution in [3.63, 3.8) is 0 Å². The monoisotopic (exact) mass is 196 g/mol. The lowest BCUT2D eigenvalue weighted by Gasteiger charge is -2.26. The lowest BCUT2D eigenvalue weighted by molar-refractivity contribution is 0.369. The molecule has 0 atom stereocenters. The van der Waals surface area contributed by atoms with Gasteiger partial charge in [-0.05, 0) is 18.9 Å². The first-order chi connectivity index (χ1) is 6.70. The zero-order chi connectivity index (χ0) is 10.4. The van der Waals surface area contributed by atoms with E-state index in [4.69, 9.17) is 10.2 Å². The van der Waals surface area contributed by atoms with Crippen LogP contribution in [0.3, 0.4) is 0 Å². The minimum absolute atomic E-state index is 0.0657. The van der Waals surface area contributed by atoms with Crippen molar-refractivity contribution in [3.05, 3.63) is 24.2 Å². The van der Waals surface area contributed by atoms with E-state index in [2.05, 4.69) is 19.2 Å². The third-order valence-corrected chi connectivity index (χ3v) is 2.79. The van der Waals surface area contributed by atoms with E-state index in [0.29, 0.717) is 0 Å². The van der Waals surface area contributed by atoms with Crippen molar-refractivity contribution in [2.75, 3.05) is 6.54 Å². The summed E-state index contributed by atoms with van der Waals surface area (Å²) in [6, 6.07) is 1.96. The van der Waals surface area contributed by atoms with E-state index in [0.717, 1.165) is 25.9 Å². The van der Waals surface area contributed by atoms with Crippen LogP contribution in [0.15, 0.2) is 23.0 Å². The molecule has 0 aliphatic carbocycles. The van der Waals surface area contributed by atoms with Crippen LogP contribution < -0.4 is 11.1 Å². The SMILES string of the molecule is CCC(N)(CC)CNCc1ccoc1. The van der Waals surface area contributed by atoms with Crippen molar-refractivity contribution in [1.29, 1.82) is 0 Å². The van der Waals surface area contributed by atoms with Crippen LogP contribution in [0.5, 0.6) is 0 Å². The van der Waals surface area contributed by atoms with Gasteiger partial charge in [0.05, 0.1) is 12.5 Å². The number of nitrogens with one attached hydrogen (secondary N) is 1. The van der Waals surface area contributed by atoms with E-state index in [-0.39, 0.29) is 5.54 Å². The number of nitrogens with two attached hydrogens (primary N) is 1. The maximum absolute atomic E-state index is 6.15.